The van der Waals surface area contributed by atoms with Gasteiger partial charge in [-0.05, 0) is 50.7 Å². The zero-order chi connectivity index (χ0) is 13.2. The van der Waals surface area contributed by atoms with Crippen LogP contribution in [-0.4, -0.2) is 15.6 Å². The molecule has 1 aromatic carbocycles. The predicted molar refractivity (Wildman–Crippen MR) is 77.6 cm³/mol. The molecule has 2 N–H and O–H groups in total. The maximum atomic E-state index is 5.96. The van der Waals surface area contributed by atoms with Gasteiger partial charge in [-0.25, -0.2) is 4.98 Å². The van der Waals surface area contributed by atoms with Gasteiger partial charge in [0.1, 0.15) is 0 Å². The van der Waals surface area contributed by atoms with Gasteiger partial charge < -0.3 is 10.3 Å². The highest BCUT2D eigenvalue weighted by Gasteiger charge is 2.17. The Morgan fingerprint density at radius 1 is 1.26 bits per heavy atom. The molecule has 0 radical (unpaired) electrons. The lowest BCUT2D eigenvalue weighted by Crippen LogP contribution is -2.19. The summed E-state index contributed by atoms with van der Waals surface area (Å²) in [6.45, 7) is 2.06. The van der Waals surface area contributed by atoms with Gasteiger partial charge in [-0.1, -0.05) is 18.2 Å². The highest BCUT2D eigenvalue weighted by atomic mass is 15.1. The molecule has 1 atom stereocenters. The van der Waals surface area contributed by atoms with Crippen molar-refractivity contribution >= 4 is 0 Å². The van der Waals surface area contributed by atoms with E-state index >= 15 is 0 Å². The van der Waals surface area contributed by atoms with Crippen LogP contribution in [0.5, 0.6) is 0 Å². The average Bonchev–Trinajstić information content (AvgIpc) is 2.82. The van der Waals surface area contributed by atoms with E-state index in [4.69, 9.17) is 5.73 Å². The Kier molecular flexibility index (Phi) is 3.38. The lowest BCUT2D eigenvalue weighted by molar-refractivity contribution is 0.654. The fraction of sp³-hybridized carbons (Fsp3) is 0.438. The lowest BCUT2D eigenvalue weighted by atomic mass is 10.00. The molecule has 3 rings (SSSR count). The Morgan fingerprint density at radius 2 is 2.05 bits per heavy atom. The summed E-state index contributed by atoms with van der Waals surface area (Å²) in [6, 6.07) is 8.71. The van der Waals surface area contributed by atoms with Gasteiger partial charge in [0.05, 0.1) is 17.7 Å². The zero-order valence-corrected chi connectivity index (χ0v) is 11.5. The molecule has 100 valence electrons. The molecule has 0 saturated heterocycles. The molecular weight excluding hydrogens is 234 g/mol. The van der Waals surface area contributed by atoms with E-state index in [9.17, 15) is 0 Å². The van der Waals surface area contributed by atoms with Crippen molar-refractivity contribution in [2.24, 2.45) is 5.73 Å². The van der Waals surface area contributed by atoms with Crippen molar-refractivity contribution in [2.45, 2.75) is 45.1 Å². The average molecular weight is 255 g/mol. The van der Waals surface area contributed by atoms with Crippen LogP contribution in [0, 0.1) is 0 Å². The summed E-state index contributed by atoms with van der Waals surface area (Å²) in [4.78, 5) is 4.59. The number of imidazole rings is 1. The second-order valence-corrected chi connectivity index (χ2v) is 5.53. The first-order valence-electron chi connectivity index (χ1n) is 7.14. The van der Waals surface area contributed by atoms with E-state index in [1.165, 1.54) is 35.5 Å². The van der Waals surface area contributed by atoms with Crippen LogP contribution in [-0.2, 0) is 19.3 Å². The summed E-state index contributed by atoms with van der Waals surface area (Å²) in [5.74, 6) is 0. The SMILES string of the molecule is CC(N)Cc1ccccc1-n1cnc2c1CCCC2. The molecule has 1 heterocycles. The largest absolute Gasteiger partial charge is 0.328 e. The molecule has 1 aliphatic carbocycles. The van der Waals surface area contributed by atoms with Crippen molar-refractivity contribution in [3.63, 3.8) is 0 Å². The van der Waals surface area contributed by atoms with E-state index in [1.807, 2.05) is 6.33 Å². The minimum Gasteiger partial charge on any atom is -0.328 e. The minimum absolute atomic E-state index is 0.181. The number of nitrogens with zero attached hydrogens (tertiary/aromatic N) is 2. The predicted octanol–water partition coefficient (Wildman–Crippen LogP) is 2.64. The molecule has 0 spiro atoms. The normalized spacial score (nSPS) is 16.1. The Morgan fingerprint density at radius 3 is 2.89 bits per heavy atom. The lowest BCUT2D eigenvalue weighted by Gasteiger charge is -2.17. The topological polar surface area (TPSA) is 43.8 Å². The summed E-state index contributed by atoms with van der Waals surface area (Å²) >= 11 is 0. The van der Waals surface area contributed by atoms with Crippen molar-refractivity contribution in [1.29, 1.82) is 0 Å². The number of aryl methyl sites for hydroxylation is 1. The van der Waals surface area contributed by atoms with Crippen molar-refractivity contribution in [1.82, 2.24) is 9.55 Å². The van der Waals surface area contributed by atoms with Crippen molar-refractivity contribution < 1.29 is 0 Å². The number of hydrogen-bond donors (Lipinski definition) is 1. The molecule has 1 aromatic heterocycles. The Labute approximate surface area is 114 Å². The second kappa shape index (κ2) is 5.17. The van der Waals surface area contributed by atoms with Gasteiger partial charge in [0.2, 0.25) is 0 Å². The van der Waals surface area contributed by atoms with Gasteiger partial charge in [-0.3, -0.25) is 0 Å². The van der Waals surface area contributed by atoms with Gasteiger partial charge >= 0.3 is 0 Å². The molecule has 3 nitrogen and oxygen atoms in total. The number of aromatic nitrogens is 2. The van der Waals surface area contributed by atoms with Crippen LogP contribution in [0.3, 0.4) is 0 Å². The van der Waals surface area contributed by atoms with E-state index in [1.54, 1.807) is 0 Å². The third kappa shape index (κ3) is 2.43. The van der Waals surface area contributed by atoms with E-state index in [2.05, 4.69) is 40.7 Å². The number of para-hydroxylation sites is 1. The van der Waals surface area contributed by atoms with E-state index in [-0.39, 0.29) is 6.04 Å². The maximum Gasteiger partial charge on any atom is 0.0997 e. The Balaban J connectivity index is 2.04. The first-order valence-corrected chi connectivity index (χ1v) is 7.14. The van der Waals surface area contributed by atoms with Gasteiger partial charge in [-0.2, -0.15) is 0 Å². The standard InChI is InChI=1S/C16H21N3/c1-12(17)10-13-6-2-4-8-15(13)19-11-18-14-7-3-5-9-16(14)19/h2,4,6,8,11-12H,3,5,7,9-10,17H2,1H3. The quantitative estimate of drug-likeness (QED) is 0.916. The van der Waals surface area contributed by atoms with Crippen LogP contribution < -0.4 is 5.73 Å². The number of nitrogens with two attached hydrogens (primary N) is 1. The minimum atomic E-state index is 0.181. The molecule has 2 aromatic rings. The highest BCUT2D eigenvalue weighted by molar-refractivity contribution is 5.44. The Bertz CT molecular complexity index is 569. The maximum absolute atomic E-state index is 5.96. The molecule has 0 fully saturated rings. The van der Waals surface area contributed by atoms with Gasteiger partial charge in [-0.15, -0.1) is 0 Å². The van der Waals surface area contributed by atoms with E-state index < -0.39 is 0 Å². The molecule has 0 saturated carbocycles. The summed E-state index contributed by atoms with van der Waals surface area (Å²) in [6.07, 6.45) is 7.69. The summed E-state index contributed by atoms with van der Waals surface area (Å²) in [5, 5.41) is 0. The monoisotopic (exact) mass is 255 g/mol. The number of hydrogen-bond acceptors (Lipinski definition) is 2. The summed E-state index contributed by atoms with van der Waals surface area (Å²) in [7, 11) is 0. The molecule has 0 bridgehead atoms. The van der Waals surface area contributed by atoms with E-state index in [0.29, 0.717) is 0 Å². The molecule has 3 heteroatoms. The van der Waals surface area contributed by atoms with Crippen LogP contribution in [0.25, 0.3) is 5.69 Å². The molecule has 19 heavy (non-hydrogen) atoms. The van der Waals surface area contributed by atoms with Gasteiger partial charge in [0.15, 0.2) is 0 Å². The molecular formula is C16H21N3. The zero-order valence-electron chi connectivity index (χ0n) is 11.5. The summed E-state index contributed by atoms with van der Waals surface area (Å²) < 4.78 is 2.27. The van der Waals surface area contributed by atoms with E-state index in [0.717, 1.165) is 19.3 Å². The Hall–Kier alpha value is -1.61. The number of rotatable bonds is 3. The first-order chi connectivity index (χ1) is 9.25. The third-order valence-corrected chi connectivity index (χ3v) is 3.82. The van der Waals surface area contributed by atoms with Crippen LogP contribution >= 0.6 is 0 Å². The van der Waals surface area contributed by atoms with Gasteiger partial charge in [0.25, 0.3) is 0 Å². The molecule has 1 unspecified atom stereocenters. The molecule has 0 aliphatic heterocycles. The van der Waals surface area contributed by atoms with Crippen LogP contribution in [0.15, 0.2) is 30.6 Å². The first kappa shape index (κ1) is 12.4. The van der Waals surface area contributed by atoms with Crippen LogP contribution in [0.2, 0.25) is 0 Å². The fourth-order valence-corrected chi connectivity index (χ4v) is 2.94. The van der Waals surface area contributed by atoms with Crippen molar-refractivity contribution in [3.8, 4) is 5.69 Å². The molecule has 1 aliphatic rings. The molecule has 0 amide bonds. The van der Waals surface area contributed by atoms with Crippen molar-refractivity contribution in [3.05, 3.63) is 47.5 Å². The smallest absolute Gasteiger partial charge is 0.0997 e. The number of benzene rings is 1. The van der Waals surface area contributed by atoms with Gasteiger partial charge in [0, 0.05) is 11.7 Å². The number of fused-ring (bicyclic) bond motifs is 1. The highest BCUT2D eigenvalue weighted by Crippen LogP contribution is 2.25. The van der Waals surface area contributed by atoms with Crippen molar-refractivity contribution in [2.75, 3.05) is 0 Å². The fourth-order valence-electron chi connectivity index (χ4n) is 2.94. The summed E-state index contributed by atoms with van der Waals surface area (Å²) in [5.41, 5.74) is 11.2. The third-order valence-electron chi connectivity index (χ3n) is 3.82. The van der Waals surface area contributed by atoms with Crippen LogP contribution in [0.1, 0.15) is 36.7 Å². The second-order valence-electron chi connectivity index (χ2n) is 5.53. The van der Waals surface area contributed by atoms with Crippen LogP contribution in [0.4, 0.5) is 0 Å².